The van der Waals surface area contributed by atoms with Crippen LogP contribution in [0.25, 0.3) is 24.3 Å². The van der Waals surface area contributed by atoms with Crippen LogP contribution in [0.15, 0.2) is 47.8 Å². The Morgan fingerprint density at radius 1 is 0.519 bits per heavy atom. The van der Waals surface area contributed by atoms with Crippen LogP contribution in [0.4, 0.5) is 0 Å². The van der Waals surface area contributed by atoms with Crippen molar-refractivity contribution in [1.82, 2.24) is 20.3 Å². The Morgan fingerprint density at radius 3 is 1.37 bits per heavy atom. The van der Waals surface area contributed by atoms with Gasteiger partial charge in [0.15, 0.2) is 0 Å². The molecule has 3 aromatic rings. The van der Waals surface area contributed by atoms with Crippen LogP contribution in [0.3, 0.4) is 0 Å². The molecule has 5 heterocycles. The summed E-state index contributed by atoms with van der Waals surface area (Å²) in [5.74, 6) is 0. The summed E-state index contributed by atoms with van der Waals surface area (Å²) in [6, 6.07) is 12.0. The van der Waals surface area contributed by atoms with E-state index in [2.05, 4.69) is 20.3 Å². The Bertz CT molecular complexity index is 1150. The standard InChI is InChI=1S/C20H16N6.Zn/c21-19-17-9-15-5-3-13(24-15)7-11-1-2-12(23-11)8-14-4-6-16(25-14)10-18(26-17)20(19)22;/h1-10,21-26H;. The SMILES string of the molecule is N=C1C(=N)C2=Cc3ccc([nH]3)C=c3ccc([nH]3)=Cc3ccc([nH]3)C=C1N2.[Zn]. The molecule has 8 bridgehead atoms. The number of rotatable bonds is 0. The van der Waals surface area contributed by atoms with Gasteiger partial charge >= 0.3 is 0 Å². The molecule has 0 radical (unpaired) electrons. The van der Waals surface area contributed by atoms with Gasteiger partial charge in [-0.25, -0.2) is 0 Å². The Balaban J connectivity index is 0.00000180. The molecule has 0 aromatic carbocycles. The van der Waals surface area contributed by atoms with Crippen molar-refractivity contribution in [2.45, 2.75) is 0 Å². The predicted molar refractivity (Wildman–Crippen MR) is 103 cm³/mol. The first kappa shape index (κ1) is 17.2. The number of aromatic amines is 3. The summed E-state index contributed by atoms with van der Waals surface area (Å²) in [6.07, 6.45) is 7.78. The minimum Gasteiger partial charge on any atom is -0.355 e. The molecule has 27 heavy (non-hydrogen) atoms. The Hall–Kier alpha value is -3.18. The predicted octanol–water partition coefficient (Wildman–Crippen LogP) is 1.66. The number of allylic oxidation sites excluding steroid dienone is 2. The van der Waals surface area contributed by atoms with E-state index >= 15 is 0 Å². The summed E-state index contributed by atoms with van der Waals surface area (Å²) in [7, 11) is 0. The molecule has 0 aliphatic carbocycles. The minimum absolute atomic E-state index is 0. The molecule has 6 N–H and O–H groups in total. The van der Waals surface area contributed by atoms with Gasteiger partial charge in [-0.05, 0) is 60.7 Å². The van der Waals surface area contributed by atoms with Crippen molar-refractivity contribution in [2.75, 3.05) is 0 Å². The monoisotopic (exact) mass is 404 g/mol. The van der Waals surface area contributed by atoms with E-state index in [0.717, 1.165) is 33.5 Å². The molecule has 0 saturated carbocycles. The minimum atomic E-state index is 0. The Labute approximate surface area is 167 Å². The molecule has 128 valence electrons. The topological polar surface area (TPSA) is 107 Å². The van der Waals surface area contributed by atoms with Crippen molar-refractivity contribution in [3.63, 3.8) is 0 Å². The van der Waals surface area contributed by atoms with Gasteiger partial charge in [-0.3, -0.25) is 10.8 Å². The molecule has 1 fully saturated rings. The van der Waals surface area contributed by atoms with Crippen molar-refractivity contribution in [3.05, 3.63) is 81.3 Å². The van der Waals surface area contributed by atoms with Crippen molar-refractivity contribution in [1.29, 1.82) is 10.8 Å². The van der Waals surface area contributed by atoms with Crippen LogP contribution < -0.4 is 16.0 Å². The largest absolute Gasteiger partial charge is 0.355 e. The fraction of sp³-hybridized carbons (Fsp3) is 0. The maximum Gasteiger partial charge on any atom is 0.105 e. The summed E-state index contributed by atoms with van der Waals surface area (Å²) in [6.45, 7) is 0. The second-order valence-corrected chi connectivity index (χ2v) is 6.39. The molecule has 0 amide bonds. The molecule has 2 aliphatic rings. The van der Waals surface area contributed by atoms with Gasteiger partial charge in [-0.1, -0.05) is 0 Å². The quantitative estimate of drug-likeness (QED) is 0.314. The van der Waals surface area contributed by atoms with Gasteiger partial charge in [-0.2, -0.15) is 0 Å². The normalized spacial score (nSPS) is 15.1. The second-order valence-electron chi connectivity index (χ2n) is 6.39. The molecule has 5 rings (SSSR count). The average Bonchev–Trinajstić information content (AvgIpc) is 3.38. The van der Waals surface area contributed by atoms with Crippen LogP contribution >= 0.6 is 0 Å². The fourth-order valence-corrected chi connectivity index (χ4v) is 3.20. The summed E-state index contributed by atoms with van der Waals surface area (Å²) < 4.78 is 0. The van der Waals surface area contributed by atoms with Crippen molar-refractivity contribution >= 4 is 35.7 Å². The van der Waals surface area contributed by atoms with E-state index in [1.165, 1.54) is 0 Å². The van der Waals surface area contributed by atoms with E-state index in [1.54, 1.807) is 0 Å². The third-order valence-electron chi connectivity index (χ3n) is 4.47. The van der Waals surface area contributed by atoms with Crippen LogP contribution in [-0.4, -0.2) is 26.4 Å². The third-order valence-corrected chi connectivity index (χ3v) is 4.47. The Morgan fingerprint density at radius 2 is 0.926 bits per heavy atom. The molecule has 6 nitrogen and oxygen atoms in total. The van der Waals surface area contributed by atoms with Gasteiger partial charge in [0.1, 0.15) is 11.4 Å². The van der Waals surface area contributed by atoms with Gasteiger partial charge in [0.05, 0.1) is 11.4 Å². The number of H-pyrrole nitrogens is 3. The maximum absolute atomic E-state index is 8.20. The van der Waals surface area contributed by atoms with Crippen molar-refractivity contribution < 1.29 is 19.5 Å². The average molecular weight is 406 g/mol. The molecule has 0 unspecified atom stereocenters. The van der Waals surface area contributed by atoms with Crippen LogP contribution in [0.1, 0.15) is 22.8 Å². The zero-order valence-electron chi connectivity index (χ0n) is 14.5. The van der Waals surface area contributed by atoms with Crippen molar-refractivity contribution in [3.8, 4) is 0 Å². The van der Waals surface area contributed by atoms with Gasteiger partial charge in [0.2, 0.25) is 0 Å². The first-order chi connectivity index (χ1) is 12.6. The molecular weight excluding hydrogens is 390 g/mol. The first-order valence-electron chi connectivity index (χ1n) is 8.29. The third kappa shape index (κ3) is 3.18. The van der Waals surface area contributed by atoms with E-state index in [-0.39, 0.29) is 30.9 Å². The van der Waals surface area contributed by atoms with Gasteiger partial charge in [0, 0.05) is 53.0 Å². The maximum atomic E-state index is 8.20. The zero-order chi connectivity index (χ0) is 17.7. The first-order valence-corrected chi connectivity index (χ1v) is 8.29. The molecule has 7 heteroatoms. The van der Waals surface area contributed by atoms with E-state index in [9.17, 15) is 0 Å². The fourth-order valence-electron chi connectivity index (χ4n) is 3.20. The van der Waals surface area contributed by atoms with Crippen LogP contribution in [0.2, 0.25) is 0 Å². The zero-order valence-corrected chi connectivity index (χ0v) is 17.4. The van der Waals surface area contributed by atoms with E-state index in [1.807, 2.05) is 60.7 Å². The van der Waals surface area contributed by atoms with Crippen LogP contribution in [0, 0.1) is 10.8 Å². The molecule has 3 aromatic heterocycles. The molecule has 0 atom stereocenters. The van der Waals surface area contributed by atoms with E-state index in [0.29, 0.717) is 11.4 Å². The van der Waals surface area contributed by atoms with E-state index in [4.69, 9.17) is 10.8 Å². The van der Waals surface area contributed by atoms with Gasteiger partial charge < -0.3 is 20.3 Å². The summed E-state index contributed by atoms with van der Waals surface area (Å²) in [5.41, 5.74) is 5.30. The molecule has 1 saturated heterocycles. The van der Waals surface area contributed by atoms with Crippen LogP contribution in [-0.2, 0) is 19.5 Å². The number of fused-ring (bicyclic) bond motifs is 8. The smallest absolute Gasteiger partial charge is 0.105 e. The molecule has 0 spiro atoms. The van der Waals surface area contributed by atoms with Gasteiger partial charge in [0.25, 0.3) is 0 Å². The van der Waals surface area contributed by atoms with Gasteiger partial charge in [-0.15, -0.1) is 0 Å². The van der Waals surface area contributed by atoms with Crippen LogP contribution in [0.5, 0.6) is 0 Å². The Kier molecular flexibility index (Phi) is 4.17. The number of nitrogens with one attached hydrogen (secondary N) is 6. The molecule has 2 aliphatic heterocycles. The number of hydrogen-bond acceptors (Lipinski definition) is 3. The summed E-state index contributed by atoms with van der Waals surface area (Å²) in [4.78, 5) is 10.0. The summed E-state index contributed by atoms with van der Waals surface area (Å²) >= 11 is 0. The number of aromatic nitrogens is 3. The molecular formula is C20H16N6Zn. The van der Waals surface area contributed by atoms with E-state index < -0.39 is 0 Å². The summed E-state index contributed by atoms with van der Waals surface area (Å²) in [5, 5.41) is 21.6. The number of hydrogen-bond donors (Lipinski definition) is 6. The second kappa shape index (κ2) is 6.52. The van der Waals surface area contributed by atoms with Crippen molar-refractivity contribution in [2.24, 2.45) is 0 Å².